The Morgan fingerprint density at radius 1 is 1.11 bits per heavy atom. The van der Waals surface area contributed by atoms with Gasteiger partial charge in [-0.3, -0.25) is 4.79 Å². The second kappa shape index (κ2) is 10.5. The van der Waals surface area contributed by atoms with Crippen LogP contribution >= 0.6 is 0 Å². The lowest BCUT2D eigenvalue weighted by atomic mass is 9.46. The van der Waals surface area contributed by atoms with Gasteiger partial charge in [-0.1, -0.05) is 65.5 Å². The van der Waals surface area contributed by atoms with Crippen LogP contribution in [0.15, 0.2) is 24.2 Å². The van der Waals surface area contributed by atoms with Gasteiger partial charge in [0.15, 0.2) is 0 Å². The highest BCUT2D eigenvalue weighted by Crippen LogP contribution is 2.67. The highest BCUT2D eigenvalue weighted by atomic mass is 16.4. The summed E-state index contributed by atoms with van der Waals surface area (Å²) in [6.45, 7) is 12.5. The Labute approximate surface area is 225 Å². The Bertz CT molecular complexity index is 967. The van der Waals surface area contributed by atoms with Crippen molar-refractivity contribution in [3.8, 4) is 0 Å². The van der Waals surface area contributed by atoms with Gasteiger partial charge in [-0.15, -0.1) is 0 Å². The molecule has 4 aliphatic rings. The van der Waals surface area contributed by atoms with E-state index in [1.54, 1.807) is 11.9 Å². The molecule has 1 heterocycles. The minimum Gasteiger partial charge on any atom is -0.481 e. The fourth-order valence-corrected chi connectivity index (χ4v) is 10.1. The highest BCUT2D eigenvalue weighted by molar-refractivity contribution is 5.70. The van der Waals surface area contributed by atoms with Crippen molar-refractivity contribution < 1.29 is 9.90 Å². The molecule has 0 aromatic carbocycles. The molecule has 0 saturated heterocycles. The second-order valence-electron chi connectivity index (χ2n) is 14.5. The van der Waals surface area contributed by atoms with E-state index in [-0.39, 0.29) is 17.3 Å². The number of allylic oxidation sites excluding steroid dienone is 2. The average molecular weight is 509 g/mol. The number of fused-ring (bicyclic) bond motifs is 5. The van der Waals surface area contributed by atoms with Crippen molar-refractivity contribution >= 4 is 5.97 Å². The number of aromatic amines is 1. The molecule has 2 N–H and O–H groups in total. The number of hydrogen-bond acceptors (Lipinski definition) is 2. The fourth-order valence-electron chi connectivity index (χ4n) is 10.1. The minimum absolute atomic E-state index is 0.224. The zero-order chi connectivity index (χ0) is 26.4. The standard InChI is InChI=1S/C33H52N2O2/c1-21(2)7-6-8-22(3)28-11-12-29-26-10-9-24-17-23(27(31(36)37)18-25-19-34-20-35-25)13-15-32(24,4)30(26)14-16-33(28,29)5/h9,19-23,26-30H,6-8,10-18H2,1-5H3,(H,34,35)(H,36,37)/t22-,23+,26?,27?,28-,29?,30?,32+,33-/m1/s1. The van der Waals surface area contributed by atoms with Crippen molar-refractivity contribution in [3.05, 3.63) is 29.9 Å². The van der Waals surface area contributed by atoms with Crippen LogP contribution in [0, 0.1) is 58.2 Å². The predicted octanol–water partition coefficient (Wildman–Crippen LogP) is 8.31. The van der Waals surface area contributed by atoms with Gasteiger partial charge in [-0.25, -0.2) is 4.98 Å². The van der Waals surface area contributed by atoms with Gasteiger partial charge in [-0.2, -0.15) is 0 Å². The summed E-state index contributed by atoms with van der Waals surface area (Å²) in [7, 11) is 0. The Balaban J connectivity index is 1.29. The number of H-pyrrole nitrogens is 1. The Morgan fingerprint density at radius 3 is 2.62 bits per heavy atom. The SMILES string of the molecule is CC(C)CCC[C@@H](C)[C@H]1CCC2C3CC=C4C[C@@H](C(Cc5c[nH]cn5)C(=O)O)CC[C@]4(C)C3CC[C@@]21C. The minimum atomic E-state index is -0.654. The van der Waals surface area contributed by atoms with Gasteiger partial charge in [0.2, 0.25) is 0 Å². The van der Waals surface area contributed by atoms with Gasteiger partial charge in [-0.05, 0) is 104 Å². The zero-order valence-electron chi connectivity index (χ0n) is 24.1. The summed E-state index contributed by atoms with van der Waals surface area (Å²) >= 11 is 0. The Kier molecular flexibility index (Phi) is 7.69. The summed E-state index contributed by atoms with van der Waals surface area (Å²) in [4.78, 5) is 19.6. The average Bonchev–Trinajstić information content (AvgIpc) is 3.49. The molecule has 0 radical (unpaired) electrons. The summed E-state index contributed by atoms with van der Waals surface area (Å²) in [5.41, 5.74) is 3.27. The van der Waals surface area contributed by atoms with Crippen molar-refractivity contribution in [3.63, 3.8) is 0 Å². The maximum absolute atomic E-state index is 12.3. The Hall–Kier alpha value is -1.58. The second-order valence-corrected chi connectivity index (χ2v) is 14.5. The third-order valence-corrected chi connectivity index (χ3v) is 12.2. The summed E-state index contributed by atoms with van der Waals surface area (Å²) in [6, 6.07) is 0. The molecular weight excluding hydrogens is 456 g/mol. The number of aromatic nitrogens is 2. The van der Waals surface area contributed by atoms with E-state index in [0.717, 1.165) is 60.5 Å². The summed E-state index contributed by atoms with van der Waals surface area (Å²) in [5, 5.41) is 10.1. The first kappa shape index (κ1) is 27.0. The lowest BCUT2D eigenvalue weighted by molar-refractivity contribution is -0.144. The number of nitrogens with zero attached hydrogens (tertiary/aromatic N) is 1. The molecule has 0 spiro atoms. The van der Waals surface area contributed by atoms with Crippen LogP contribution in [-0.2, 0) is 11.2 Å². The number of aliphatic carboxylic acids is 1. The molecule has 5 rings (SSSR count). The Morgan fingerprint density at radius 2 is 1.92 bits per heavy atom. The molecule has 4 heteroatoms. The third-order valence-electron chi connectivity index (χ3n) is 12.2. The van der Waals surface area contributed by atoms with E-state index in [4.69, 9.17) is 0 Å². The number of carbonyl (C=O) groups is 1. The maximum atomic E-state index is 12.3. The van der Waals surface area contributed by atoms with E-state index in [9.17, 15) is 9.90 Å². The first-order chi connectivity index (χ1) is 17.6. The highest BCUT2D eigenvalue weighted by Gasteiger charge is 2.59. The van der Waals surface area contributed by atoms with Crippen molar-refractivity contribution in [2.45, 2.75) is 112 Å². The van der Waals surface area contributed by atoms with Crippen molar-refractivity contribution in [2.24, 2.45) is 58.2 Å². The molecule has 1 aromatic rings. The number of imidazole rings is 1. The van der Waals surface area contributed by atoms with Gasteiger partial charge in [0.1, 0.15) is 0 Å². The van der Waals surface area contributed by atoms with Gasteiger partial charge >= 0.3 is 5.97 Å². The number of rotatable bonds is 9. The van der Waals surface area contributed by atoms with Gasteiger partial charge in [0.25, 0.3) is 0 Å². The number of nitrogens with one attached hydrogen (secondary N) is 1. The maximum Gasteiger partial charge on any atom is 0.307 e. The molecule has 3 saturated carbocycles. The summed E-state index contributed by atoms with van der Waals surface area (Å²) in [6.07, 6.45) is 20.9. The first-order valence-corrected chi connectivity index (χ1v) is 15.5. The van der Waals surface area contributed by atoms with Crippen LogP contribution in [0.25, 0.3) is 0 Å². The van der Waals surface area contributed by atoms with Gasteiger partial charge in [0, 0.05) is 12.6 Å². The van der Waals surface area contributed by atoms with Gasteiger partial charge in [0.05, 0.1) is 17.9 Å². The normalized spacial score (nSPS) is 38.9. The van der Waals surface area contributed by atoms with Crippen molar-refractivity contribution in [1.29, 1.82) is 0 Å². The fraction of sp³-hybridized carbons (Fsp3) is 0.818. The number of carboxylic acids is 1. The van der Waals surface area contributed by atoms with Crippen LogP contribution < -0.4 is 0 Å². The topological polar surface area (TPSA) is 66.0 Å². The summed E-state index contributed by atoms with van der Waals surface area (Å²) < 4.78 is 0. The van der Waals surface area contributed by atoms with Crippen molar-refractivity contribution in [2.75, 3.05) is 0 Å². The molecule has 4 unspecified atom stereocenters. The van der Waals surface area contributed by atoms with Crippen LogP contribution in [-0.4, -0.2) is 21.0 Å². The van der Waals surface area contributed by atoms with E-state index in [0.29, 0.717) is 11.8 Å². The van der Waals surface area contributed by atoms with E-state index < -0.39 is 5.97 Å². The molecule has 9 atom stereocenters. The first-order valence-electron chi connectivity index (χ1n) is 15.5. The third kappa shape index (κ3) is 4.96. The van der Waals surface area contributed by atoms with Gasteiger partial charge < -0.3 is 10.1 Å². The van der Waals surface area contributed by atoms with Crippen LogP contribution in [0.2, 0.25) is 0 Å². The van der Waals surface area contributed by atoms with E-state index >= 15 is 0 Å². The molecule has 0 bridgehead atoms. The van der Waals surface area contributed by atoms with Crippen LogP contribution in [0.5, 0.6) is 0 Å². The molecule has 4 nitrogen and oxygen atoms in total. The molecular formula is C33H52N2O2. The molecule has 206 valence electrons. The quantitative estimate of drug-likeness (QED) is 0.330. The van der Waals surface area contributed by atoms with Crippen molar-refractivity contribution in [1.82, 2.24) is 9.97 Å². The molecule has 4 aliphatic carbocycles. The zero-order valence-corrected chi connectivity index (χ0v) is 24.1. The number of hydrogen-bond donors (Lipinski definition) is 2. The monoisotopic (exact) mass is 508 g/mol. The molecule has 3 fully saturated rings. The van der Waals surface area contributed by atoms with Crippen LogP contribution in [0.1, 0.15) is 111 Å². The smallest absolute Gasteiger partial charge is 0.307 e. The van der Waals surface area contributed by atoms with Crippen LogP contribution in [0.3, 0.4) is 0 Å². The van der Waals surface area contributed by atoms with E-state index in [1.165, 1.54) is 51.4 Å². The molecule has 0 amide bonds. The summed E-state index contributed by atoms with van der Waals surface area (Å²) in [5.74, 6) is 4.31. The molecule has 0 aliphatic heterocycles. The van der Waals surface area contributed by atoms with Crippen LogP contribution in [0.4, 0.5) is 0 Å². The van der Waals surface area contributed by atoms with E-state index in [1.807, 2.05) is 6.20 Å². The molecule has 37 heavy (non-hydrogen) atoms. The predicted molar refractivity (Wildman–Crippen MR) is 150 cm³/mol. The lowest BCUT2D eigenvalue weighted by Gasteiger charge is -2.59. The largest absolute Gasteiger partial charge is 0.481 e. The lowest BCUT2D eigenvalue weighted by Crippen LogP contribution is -2.51. The molecule has 1 aromatic heterocycles. The number of carboxylic acid groups (broad SMARTS) is 1. The van der Waals surface area contributed by atoms with E-state index in [2.05, 4.69) is 50.7 Å².